The van der Waals surface area contributed by atoms with E-state index in [0.29, 0.717) is 59.6 Å². The molecule has 0 amide bonds. The molecule has 36 heavy (non-hydrogen) atoms. The van der Waals surface area contributed by atoms with Gasteiger partial charge in [0.25, 0.3) is 10.1 Å². The molecule has 1 aliphatic heterocycles. The number of hydrogen-bond donors (Lipinski definition) is 3. The van der Waals surface area contributed by atoms with Gasteiger partial charge in [-0.25, -0.2) is 4.58 Å². The van der Waals surface area contributed by atoms with Gasteiger partial charge in [0.2, 0.25) is 5.36 Å². The number of benzene rings is 3. The number of hydrogen-bond acceptors (Lipinski definition) is 6. The van der Waals surface area contributed by atoms with Crippen molar-refractivity contribution in [3.63, 3.8) is 0 Å². The maximum Gasteiger partial charge on any atom is 0.295 e. The fourth-order valence-corrected chi connectivity index (χ4v) is 5.33. The predicted molar refractivity (Wildman–Crippen MR) is 141 cm³/mol. The minimum Gasteiger partial charge on any atom is -0.456 e. The lowest BCUT2D eigenvalue weighted by molar-refractivity contribution is 0.282. The first-order valence-electron chi connectivity index (χ1n) is 11.9. The van der Waals surface area contributed by atoms with Crippen LogP contribution in [-0.2, 0) is 10.1 Å². The van der Waals surface area contributed by atoms with E-state index in [4.69, 9.17) is 4.42 Å². The van der Waals surface area contributed by atoms with E-state index >= 15 is 0 Å². The molecule has 0 saturated carbocycles. The van der Waals surface area contributed by atoms with E-state index in [1.54, 1.807) is 18.2 Å². The summed E-state index contributed by atoms with van der Waals surface area (Å²) in [6.45, 7) is 6.32. The molecule has 2 aromatic rings. The normalized spacial score (nSPS) is 12.8. The van der Waals surface area contributed by atoms with Gasteiger partial charge in [-0.15, -0.1) is 0 Å². The Morgan fingerprint density at radius 1 is 0.944 bits per heavy atom. The predicted octanol–water partition coefficient (Wildman–Crippen LogP) is 3.05. The maximum atomic E-state index is 12.3. The zero-order valence-corrected chi connectivity index (χ0v) is 21.2. The van der Waals surface area contributed by atoms with E-state index in [9.17, 15) is 23.2 Å². The van der Waals surface area contributed by atoms with Crippen LogP contribution < -0.4 is 14.8 Å². The zero-order chi connectivity index (χ0) is 25.9. The van der Waals surface area contributed by atoms with Gasteiger partial charge in [0.1, 0.15) is 29.4 Å². The Balaban J connectivity index is 2.12. The maximum absolute atomic E-state index is 12.3. The van der Waals surface area contributed by atoms with Gasteiger partial charge in [0.15, 0.2) is 6.54 Å². The van der Waals surface area contributed by atoms with Crippen molar-refractivity contribution < 1.29 is 27.6 Å². The lowest BCUT2D eigenvalue weighted by atomic mass is 9.93. The fourth-order valence-electron chi connectivity index (χ4n) is 4.63. The van der Waals surface area contributed by atoms with E-state index in [-0.39, 0.29) is 18.1 Å². The molecule has 0 atom stereocenters. The monoisotopic (exact) mass is 511 g/mol. The number of fused-ring (bicyclic) bond motifs is 2. The molecule has 3 N–H and O–H groups in total. The van der Waals surface area contributed by atoms with Crippen LogP contribution in [0.2, 0.25) is 0 Å². The number of nitrogens with zero attached hydrogens (tertiary/aromatic N) is 2. The van der Waals surface area contributed by atoms with Gasteiger partial charge in [-0.1, -0.05) is 18.2 Å². The second-order valence-electron chi connectivity index (χ2n) is 8.42. The fraction of sp³-hybridized carbons (Fsp3) is 0.296. The summed E-state index contributed by atoms with van der Waals surface area (Å²) < 4.78 is 42.9. The van der Waals surface area contributed by atoms with E-state index in [0.717, 1.165) is 11.0 Å². The van der Waals surface area contributed by atoms with Crippen molar-refractivity contribution in [3.8, 4) is 22.5 Å². The van der Waals surface area contributed by atoms with Crippen molar-refractivity contribution in [3.05, 3.63) is 66.0 Å². The smallest absolute Gasteiger partial charge is 0.295 e. The third-order valence-electron chi connectivity index (χ3n) is 6.36. The van der Waals surface area contributed by atoms with Crippen LogP contribution in [0.4, 0.5) is 5.69 Å². The molecule has 0 aromatic heterocycles. The molecule has 0 spiro atoms. The van der Waals surface area contributed by atoms with Crippen LogP contribution in [0, 0.1) is 0 Å². The highest BCUT2D eigenvalue weighted by molar-refractivity contribution is 7.86. The van der Waals surface area contributed by atoms with Crippen molar-refractivity contribution in [2.75, 3.05) is 44.3 Å². The molecule has 9 heteroatoms. The molecule has 8 nitrogen and oxygen atoms in total. The average molecular weight is 512 g/mol. The molecule has 1 heterocycles. The highest BCUT2D eigenvalue weighted by Gasteiger charge is 2.24. The first-order valence-corrected chi connectivity index (χ1v) is 13.4. The van der Waals surface area contributed by atoms with Gasteiger partial charge >= 0.3 is 0 Å². The van der Waals surface area contributed by atoms with Gasteiger partial charge in [-0.2, -0.15) is 8.42 Å². The van der Waals surface area contributed by atoms with Crippen LogP contribution in [-0.4, -0.2) is 62.6 Å². The summed E-state index contributed by atoms with van der Waals surface area (Å²) >= 11 is 0. The number of aliphatic hydroxyl groups excluding tert-OH is 2. The minimum absolute atomic E-state index is 0.00872. The second kappa shape index (κ2) is 10.8. The summed E-state index contributed by atoms with van der Waals surface area (Å²) in [5, 5.41) is 20.5. The molecular weight excluding hydrogens is 480 g/mol. The Labute approximate surface area is 210 Å². The Bertz CT molecular complexity index is 1530. The lowest BCUT2D eigenvalue weighted by Crippen LogP contribution is -2.32. The zero-order valence-electron chi connectivity index (χ0n) is 20.4. The Hall–Kier alpha value is -3.24. The Morgan fingerprint density at radius 3 is 2.39 bits per heavy atom. The van der Waals surface area contributed by atoms with Gasteiger partial charge in [0.05, 0.1) is 12.7 Å². The van der Waals surface area contributed by atoms with Crippen LogP contribution in [0.15, 0.2) is 70.0 Å². The van der Waals surface area contributed by atoms with E-state index in [2.05, 4.69) is 0 Å². The van der Waals surface area contributed by atoms with Gasteiger partial charge < -0.3 is 19.5 Å². The number of rotatable bonds is 9. The van der Waals surface area contributed by atoms with Crippen molar-refractivity contribution in [2.24, 2.45) is 0 Å². The third kappa shape index (κ3) is 5.01. The second-order valence-corrected chi connectivity index (χ2v) is 9.81. The van der Waals surface area contributed by atoms with Crippen molar-refractivity contribution >= 4 is 26.8 Å². The van der Waals surface area contributed by atoms with Crippen LogP contribution in [0.25, 0.3) is 33.4 Å². The quantitative estimate of drug-likeness (QED) is 0.180. The molecule has 0 radical (unpaired) electrons. The van der Waals surface area contributed by atoms with E-state index < -0.39 is 10.1 Å². The molecule has 190 valence electrons. The molecule has 4 rings (SSSR count). The standard InChI is InChI=1S/C27H30N2O6S/c1-3-28(13-15-30)19-9-11-21-24(17-19)35-25-18-20(29(4-2)14-16-31)10-12-22(25)27(21)23-7-5-6-8-26(23)36(32,33)34/h5-12,17-18,30-31H,3-4,13-16H2,1-2H3/p+1. The average Bonchev–Trinajstić information content (AvgIpc) is 2.87. The summed E-state index contributed by atoms with van der Waals surface area (Å²) in [5.41, 5.74) is 3.10. The first-order chi connectivity index (χ1) is 17.3. The van der Waals surface area contributed by atoms with Crippen LogP contribution in [0.5, 0.6) is 0 Å². The van der Waals surface area contributed by atoms with Gasteiger partial charge in [0, 0.05) is 53.0 Å². The van der Waals surface area contributed by atoms with Crippen molar-refractivity contribution in [1.82, 2.24) is 4.58 Å². The van der Waals surface area contributed by atoms with Crippen LogP contribution >= 0.6 is 0 Å². The Kier molecular flexibility index (Phi) is 7.75. The van der Waals surface area contributed by atoms with Crippen LogP contribution in [0.1, 0.15) is 13.8 Å². The van der Waals surface area contributed by atoms with Crippen molar-refractivity contribution in [2.45, 2.75) is 18.7 Å². The minimum atomic E-state index is -4.49. The summed E-state index contributed by atoms with van der Waals surface area (Å²) in [7, 11) is -4.49. The highest BCUT2D eigenvalue weighted by atomic mass is 32.2. The molecule has 0 bridgehead atoms. The van der Waals surface area contributed by atoms with E-state index in [1.807, 2.05) is 59.7 Å². The molecule has 1 aliphatic carbocycles. The van der Waals surface area contributed by atoms with Crippen molar-refractivity contribution in [1.29, 1.82) is 0 Å². The largest absolute Gasteiger partial charge is 0.456 e. The molecular formula is C27H31N2O6S+. The van der Waals surface area contributed by atoms with Gasteiger partial charge in [-0.3, -0.25) is 4.55 Å². The molecule has 0 saturated heterocycles. The molecule has 2 aromatic carbocycles. The molecule has 0 unspecified atom stereocenters. The lowest BCUT2D eigenvalue weighted by Gasteiger charge is -2.23. The first kappa shape index (κ1) is 25.8. The summed E-state index contributed by atoms with van der Waals surface area (Å²) in [6, 6.07) is 17.7. The number of likely N-dealkylation sites (N-methyl/N-ethyl adjacent to an activating group) is 2. The summed E-state index contributed by atoms with van der Waals surface area (Å²) in [4.78, 5) is 1.83. The molecule has 2 aliphatic rings. The summed E-state index contributed by atoms with van der Waals surface area (Å²) in [5.74, 6) is 0.541. The van der Waals surface area contributed by atoms with Gasteiger partial charge in [-0.05, 0) is 38.1 Å². The topological polar surface area (TPSA) is 114 Å². The highest BCUT2D eigenvalue weighted by Crippen LogP contribution is 2.42. The van der Waals surface area contributed by atoms with E-state index in [1.165, 1.54) is 6.07 Å². The number of aliphatic hydroxyl groups is 2. The third-order valence-corrected chi connectivity index (χ3v) is 7.27. The summed E-state index contributed by atoms with van der Waals surface area (Å²) in [6.07, 6.45) is 0. The Morgan fingerprint density at radius 2 is 1.72 bits per heavy atom. The van der Waals surface area contributed by atoms with Crippen LogP contribution in [0.3, 0.4) is 0 Å². The SMILES string of the molecule is CCN(CCO)c1ccc2c(-c3ccccc3S(=O)(=O)O)c3cc/c(=[N+](/CC)CCO)cc-3oc2c1. The molecule has 0 fully saturated rings. The number of anilines is 1.